The van der Waals surface area contributed by atoms with Crippen LogP contribution in [-0.2, 0) is 4.79 Å². The van der Waals surface area contributed by atoms with Crippen LogP contribution in [0.4, 0.5) is 4.39 Å². The second kappa shape index (κ2) is 7.75. The third-order valence-corrected chi connectivity index (χ3v) is 4.83. The quantitative estimate of drug-likeness (QED) is 0.841. The third kappa shape index (κ3) is 4.12. The Balaban J connectivity index is 1.46. The number of likely N-dealkylation sites (tertiary alicyclic amines) is 1. The molecule has 0 saturated carbocycles. The summed E-state index contributed by atoms with van der Waals surface area (Å²) in [6.45, 7) is 5.16. The highest BCUT2D eigenvalue weighted by Gasteiger charge is 2.25. The number of hydrogen-bond acceptors (Lipinski definition) is 3. The number of hydrogen-bond donors (Lipinski definition) is 0. The molecule has 0 N–H and O–H groups in total. The molecule has 1 aromatic rings. The van der Waals surface area contributed by atoms with E-state index in [9.17, 15) is 14.0 Å². The van der Waals surface area contributed by atoms with Gasteiger partial charge in [0.25, 0.3) is 5.91 Å². The highest BCUT2D eigenvalue weighted by molar-refractivity contribution is 5.94. The Kier molecular flexibility index (Phi) is 5.45. The maximum atomic E-state index is 13.2. The van der Waals surface area contributed by atoms with Gasteiger partial charge in [-0.25, -0.2) is 4.39 Å². The molecule has 3 rings (SSSR count). The van der Waals surface area contributed by atoms with E-state index in [0.29, 0.717) is 38.2 Å². The van der Waals surface area contributed by atoms with Crippen molar-refractivity contribution in [2.24, 2.45) is 0 Å². The van der Waals surface area contributed by atoms with E-state index in [1.807, 2.05) is 4.90 Å². The molecule has 2 saturated heterocycles. The molecular formula is C18H24FN3O2. The van der Waals surface area contributed by atoms with Gasteiger partial charge < -0.3 is 14.7 Å². The van der Waals surface area contributed by atoms with E-state index >= 15 is 0 Å². The van der Waals surface area contributed by atoms with E-state index in [0.717, 1.165) is 19.6 Å². The van der Waals surface area contributed by atoms with E-state index in [-0.39, 0.29) is 11.8 Å². The third-order valence-electron chi connectivity index (χ3n) is 4.83. The molecule has 0 atom stereocenters. The lowest BCUT2D eigenvalue weighted by molar-refractivity contribution is -0.133. The zero-order valence-corrected chi connectivity index (χ0v) is 13.9. The molecule has 0 bridgehead atoms. The summed E-state index contributed by atoms with van der Waals surface area (Å²) in [6, 6.07) is 5.75. The molecule has 1 aromatic carbocycles. The van der Waals surface area contributed by atoms with Crippen molar-refractivity contribution in [1.82, 2.24) is 14.7 Å². The zero-order valence-electron chi connectivity index (χ0n) is 13.9. The second-order valence-electron chi connectivity index (χ2n) is 6.48. The molecule has 2 aliphatic heterocycles. The van der Waals surface area contributed by atoms with Gasteiger partial charge in [-0.2, -0.15) is 0 Å². The maximum Gasteiger partial charge on any atom is 0.254 e. The van der Waals surface area contributed by atoms with Gasteiger partial charge in [0.1, 0.15) is 5.82 Å². The monoisotopic (exact) mass is 333 g/mol. The number of halogens is 1. The van der Waals surface area contributed by atoms with Crippen LogP contribution in [0.1, 0.15) is 29.6 Å². The van der Waals surface area contributed by atoms with Gasteiger partial charge in [0.05, 0.1) is 0 Å². The van der Waals surface area contributed by atoms with Gasteiger partial charge >= 0.3 is 0 Å². The minimum atomic E-state index is -0.406. The van der Waals surface area contributed by atoms with Crippen LogP contribution in [0.5, 0.6) is 0 Å². The van der Waals surface area contributed by atoms with Gasteiger partial charge in [-0.1, -0.05) is 6.07 Å². The summed E-state index contributed by atoms with van der Waals surface area (Å²) in [5.41, 5.74) is 0.365. The normalized spacial score (nSPS) is 18.9. The van der Waals surface area contributed by atoms with Crippen LogP contribution >= 0.6 is 0 Å². The Labute approximate surface area is 142 Å². The van der Waals surface area contributed by atoms with Crippen LogP contribution in [0.3, 0.4) is 0 Å². The van der Waals surface area contributed by atoms with Crippen molar-refractivity contribution in [1.29, 1.82) is 0 Å². The molecule has 0 aliphatic carbocycles. The summed E-state index contributed by atoms with van der Waals surface area (Å²) >= 11 is 0. The van der Waals surface area contributed by atoms with Gasteiger partial charge in [-0.15, -0.1) is 0 Å². The molecule has 0 spiro atoms. The van der Waals surface area contributed by atoms with Gasteiger partial charge in [0, 0.05) is 44.7 Å². The summed E-state index contributed by atoms with van der Waals surface area (Å²) in [5.74, 6) is -0.407. The molecule has 5 nitrogen and oxygen atoms in total. The average molecular weight is 333 g/mol. The van der Waals surface area contributed by atoms with Crippen molar-refractivity contribution in [2.45, 2.75) is 19.3 Å². The number of carbonyl (C=O) groups excluding carboxylic acids is 2. The van der Waals surface area contributed by atoms with Crippen LogP contribution in [0, 0.1) is 5.82 Å². The van der Waals surface area contributed by atoms with Crippen molar-refractivity contribution in [3.8, 4) is 0 Å². The lowest BCUT2D eigenvalue weighted by atomic mass is 10.1. The first-order valence-electron chi connectivity index (χ1n) is 8.68. The molecule has 0 unspecified atom stereocenters. The Hall–Kier alpha value is -1.95. The Morgan fingerprint density at radius 1 is 0.958 bits per heavy atom. The predicted molar refractivity (Wildman–Crippen MR) is 89.2 cm³/mol. The molecule has 24 heavy (non-hydrogen) atoms. The molecule has 0 radical (unpaired) electrons. The summed E-state index contributed by atoms with van der Waals surface area (Å²) in [5, 5.41) is 0. The highest BCUT2D eigenvalue weighted by Crippen LogP contribution is 2.12. The number of amides is 2. The molecule has 2 amide bonds. The van der Waals surface area contributed by atoms with Gasteiger partial charge in [0.2, 0.25) is 5.91 Å². The first-order valence-corrected chi connectivity index (χ1v) is 8.68. The van der Waals surface area contributed by atoms with E-state index in [1.165, 1.54) is 25.0 Å². The number of piperazine rings is 1. The first-order chi connectivity index (χ1) is 11.6. The fraction of sp³-hybridized carbons (Fsp3) is 0.556. The number of nitrogens with zero attached hydrogens (tertiary/aromatic N) is 3. The van der Waals surface area contributed by atoms with Crippen molar-refractivity contribution in [3.63, 3.8) is 0 Å². The molecule has 130 valence electrons. The standard InChI is InChI=1S/C18H24FN3O2/c19-16-5-3-4-15(14-16)18(24)22-12-10-21(11-13-22)17(23)6-9-20-7-1-2-8-20/h3-5,14H,1-2,6-13H2. The number of carbonyl (C=O) groups is 2. The minimum Gasteiger partial charge on any atom is -0.339 e. The van der Waals surface area contributed by atoms with Crippen molar-refractivity contribution in [2.75, 3.05) is 45.8 Å². The van der Waals surface area contributed by atoms with E-state index < -0.39 is 5.82 Å². The minimum absolute atomic E-state index is 0.166. The Morgan fingerprint density at radius 2 is 1.62 bits per heavy atom. The van der Waals surface area contributed by atoms with Crippen molar-refractivity contribution in [3.05, 3.63) is 35.6 Å². The van der Waals surface area contributed by atoms with Gasteiger partial charge in [0.15, 0.2) is 0 Å². The van der Waals surface area contributed by atoms with Crippen LogP contribution in [-0.4, -0.2) is 72.3 Å². The second-order valence-corrected chi connectivity index (χ2v) is 6.48. The topological polar surface area (TPSA) is 43.9 Å². The summed E-state index contributed by atoms with van der Waals surface area (Å²) in [7, 11) is 0. The Bertz CT molecular complexity index is 594. The lowest BCUT2D eigenvalue weighted by Gasteiger charge is -2.35. The van der Waals surface area contributed by atoms with Crippen LogP contribution < -0.4 is 0 Å². The zero-order chi connectivity index (χ0) is 16.9. The summed E-state index contributed by atoms with van der Waals surface area (Å²) in [4.78, 5) is 30.5. The predicted octanol–water partition coefficient (Wildman–Crippen LogP) is 1.60. The van der Waals surface area contributed by atoms with Crippen molar-refractivity contribution >= 4 is 11.8 Å². The molecule has 2 aliphatic rings. The number of rotatable bonds is 4. The van der Waals surface area contributed by atoms with E-state index in [4.69, 9.17) is 0 Å². The fourth-order valence-electron chi connectivity index (χ4n) is 3.38. The molecule has 2 fully saturated rings. The van der Waals surface area contributed by atoms with E-state index in [2.05, 4.69) is 4.90 Å². The SMILES string of the molecule is O=C(CCN1CCCC1)N1CCN(C(=O)c2cccc(F)c2)CC1. The molecule has 0 aromatic heterocycles. The molecule has 6 heteroatoms. The van der Waals surface area contributed by atoms with Crippen LogP contribution in [0.2, 0.25) is 0 Å². The first kappa shape index (κ1) is 16.9. The van der Waals surface area contributed by atoms with Crippen LogP contribution in [0.15, 0.2) is 24.3 Å². The van der Waals surface area contributed by atoms with E-state index in [1.54, 1.807) is 17.0 Å². The van der Waals surface area contributed by atoms with Gasteiger partial charge in [-0.3, -0.25) is 9.59 Å². The smallest absolute Gasteiger partial charge is 0.254 e. The van der Waals surface area contributed by atoms with Gasteiger partial charge in [-0.05, 0) is 44.1 Å². The summed E-state index contributed by atoms with van der Waals surface area (Å²) in [6.07, 6.45) is 3.02. The average Bonchev–Trinajstić information content (AvgIpc) is 3.13. The van der Waals surface area contributed by atoms with Crippen LogP contribution in [0.25, 0.3) is 0 Å². The highest BCUT2D eigenvalue weighted by atomic mass is 19.1. The largest absolute Gasteiger partial charge is 0.339 e. The summed E-state index contributed by atoms with van der Waals surface area (Å²) < 4.78 is 13.2. The number of benzene rings is 1. The molecular weight excluding hydrogens is 309 g/mol. The Morgan fingerprint density at radius 3 is 2.29 bits per heavy atom. The molecule has 2 heterocycles. The lowest BCUT2D eigenvalue weighted by Crippen LogP contribution is -2.51. The maximum absolute atomic E-state index is 13.2. The van der Waals surface area contributed by atoms with Crippen molar-refractivity contribution < 1.29 is 14.0 Å². The fourth-order valence-corrected chi connectivity index (χ4v) is 3.38.